The molecule has 0 heterocycles. The highest BCUT2D eigenvalue weighted by atomic mass is 16.4. The predicted molar refractivity (Wildman–Crippen MR) is 49.9 cm³/mol. The zero-order chi connectivity index (χ0) is 10.9. The maximum Gasteiger partial charge on any atom is 0.309 e. The van der Waals surface area contributed by atoms with Gasteiger partial charge in [-0.3, -0.25) is 9.59 Å². The largest absolute Gasteiger partial charge is 0.481 e. The highest BCUT2D eigenvalue weighted by Gasteiger charge is 2.42. The molecule has 1 aliphatic carbocycles. The standard InChI is InChI=1S/C10H16O4/c1-10(2,9(13)14)7-4-3-6(5-7)8(11)12/h6-7H,3-5H2,1-2H3,(H,11,12)(H,13,14)/t6-,7-/m0/s1. The second kappa shape index (κ2) is 3.59. The van der Waals surface area contributed by atoms with Gasteiger partial charge >= 0.3 is 11.9 Å². The minimum Gasteiger partial charge on any atom is -0.481 e. The van der Waals surface area contributed by atoms with Gasteiger partial charge < -0.3 is 10.2 Å². The van der Waals surface area contributed by atoms with E-state index in [1.807, 2.05) is 0 Å². The van der Waals surface area contributed by atoms with Crippen molar-refractivity contribution in [1.82, 2.24) is 0 Å². The van der Waals surface area contributed by atoms with E-state index in [2.05, 4.69) is 0 Å². The Balaban J connectivity index is 2.66. The molecule has 0 saturated heterocycles. The van der Waals surface area contributed by atoms with E-state index in [0.717, 1.165) is 0 Å². The van der Waals surface area contributed by atoms with Gasteiger partial charge in [0.15, 0.2) is 0 Å². The molecule has 0 bridgehead atoms. The molecule has 0 aromatic heterocycles. The van der Waals surface area contributed by atoms with Gasteiger partial charge in [0.05, 0.1) is 11.3 Å². The summed E-state index contributed by atoms with van der Waals surface area (Å²) in [4.78, 5) is 21.6. The number of hydrogen-bond acceptors (Lipinski definition) is 2. The van der Waals surface area contributed by atoms with Gasteiger partial charge in [-0.2, -0.15) is 0 Å². The van der Waals surface area contributed by atoms with Crippen molar-refractivity contribution in [3.05, 3.63) is 0 Å². The normalized spacial score (nSPS) is 27.6. The van der Waals surface area contributed by atoms with Gasteiger partial charge in [0.1, 0.15) is 0 Å². The second-order valence-corrected chi connectivity index (χ2v) is 4.57. The number of carboxylic acids is 2. The van der Waals surface area contributed by atoms with Crippen LogP contribution in [-0.2, 0) is 9.59 Å². The van der Waals surface area contributed by atoms with E-state index in [1.54, 1.807) is 13.8 Å². The summed E-state index contributed by atoms with van der Waals surface area (Å²) in [7, 11) is 0. The Morgan fingerprint density at radius 3 is 2.14 bits per heavy atom. The molecular weight excluding hydrogens is 184 g/mol. The minimum absolute atomic E-state index is 0.0129. The molecule has 4 heteroatoms. The number of aliphatic carboxylic acids is 2. The monoisotopic (exact) mass is 200 g/mol. The Kier molecular flexibility index (Phi) is 2.83. The van der Waals surface area contributed by atoms with Crippen molar-refractivity contribution < 1.29 is 19.8 Å². The molecule has 80 valence electrons. The Hall–Kier alpha value is -1.06. The van der Waals surface area contributed by atoms with E-state index in [0.29, 0.717) is 19.3 Å². The highest BCUT2D eigenvalue weighted by Crippen LogP contribution is 2.42. The van der Waals surface area contributed by atoms with Gasteiger partial charge in [0.2, 0.25) is 0 Å². The molecular formula is C10H16O4. The van der Waals surface area contributed by atoms with Crippen LogP contribution in [0.2, 0.25) is 0 Å². The molecule has 14 heavy (non-hydrogen) atoms. The third kappa shape index (κ3) is 1.89. The first kappa shape index (κ1) is 11.0. The van der Waals surface area contributed by atoms with E-state index >= 15 is 0 Å². The maximum absolute atomic E-state index is 10.9. The van der Waals surface area contributed by atoms with Crippen molar-refractivity contribution >= 4 is 11.9 Å². The second-order valence-electron chi connectivity index (χ2n) is 4.57. The van der Waals surface area contributed by atoms with Crippen molar-refractivity contribution in [2.24, 2.45) is 17.3 Å². The van der Waals surface area contributed by atoms with Gasteiger partial charge in [-0.05, 0) is 39.0 Å². The summed E-state index contributed by atoms with van der Waals surface area (Å²) >= 11 is 0. The molecule has 0 amide bonds. The molecule has 0 radical (unpaired) electrons. The van der Waals surface area contributed by atoms with Crippen molar-refractivity contribution in [2.75, 3.05) is 0 Å². The minimum atomic E-state index is -0.839. The van der Waals surface area contributed by atoms with Gasteiger partial charge in [-0.25, -0.2) is 0 Å². The van der Waals surface area contributed by atoms with Crippen LogP contribution in [0.3, 0.4) is 0 Å². The zero-order valence-electron chi connectivity index (χ0n) is 8.49. The lowest BCUT2D eigenvalue weighted by atomic mass is 9.77. The summed E-state index contributed by atoms with van der Waals surface area (Å²) in [5, 5.41) is 17.8. The topological polar surface area (TPSA) is 74.6 Å². The van der Waals surface area contributed by atoms with Crippen LogP contribution >= 0.6 is 0 Å². The Morgan fingerprint density at radius 1 is 1.21 bits per heavy atom. The lowest BCUT2D eigenvalue weighted by Gasteiger charge is -2.26. The van der Waals surface area contributed by atoms with E-state index < -0.39 is 17.4 Å². The molecule has 1 saturated carbocycles. The molecule has 2 atom stereocenters. The molecule has 1 fully saturated rings. The first-order valence-corrected chi connectivity index (χ1v) is 4.82. The molecule has 1 rings (SSSR count). The van der Waals surface area contributed by atoms with Crippen LogP contribution in [0.15, 0.2) is 0 Å². The molecule has 0 aliphatic heterocycles. The van der Waals surface area contributed by atoms with Crippen LogP contribution in [0, 0.1) is 17.3 Å². The molecule has 0 spiro atoms. The van der Waals surface area contributed by atoms with Crippen molar-refractivity contribution in [1.29, 1.82) is 0 Å². The molecule has 0 aromatic carbocycles. The van der Waals surface area contributed by atoms with E-state index in [4.69, 9.17) is 10.2 Å². The Bertz CT molecular complexity index is 257. The first-order chi connectivity index (χ1) is 6.35. The molecule has 0 unspecified atom stereocenters. The SMILES string of the molecule is CC(C)(C(=O)O)[C@H]1CC[C@H](C(=O)O)C1. The number of carbonyl (C=O) groups is 2. The number of rotatable bonds is 3. The maximum atomic E-state index is 10.9. The Labute approximate surface area is 82.9 Å². The van der Waals surface area contributed by atoms with Crippen molar-refractivity contribution in [2.45, 2.75) is 33.1 Å². The molecule has 1 aliphatic rings. The third-order valence-electron chi connectivity index (χ3n) is 3.35. The van der Waals surface area contributed by atoms with Crippen molar-refractivity contribution in [3.63, 3.8) is 0 Å². The zero-order valence-corrected chi connectivity index (χ0v) is 8.49. The molecule has 0 aromatic rings. The fourth-order valence-corrected chi connectivity index (χ4v) is 2.04. The summed E-state index contributed by atoms with van der Waals surface area (Å²) in [6.45, 7) is 3.34. The van der Waals surface area contributed by atoms with Gasteiger partial charge in [-0.15, -0.1) is 0 Å². The van der Waals surface area contributed by atoms with Crippen LogP contribution < -0.4 is 0 Å². The summed E-state index contributed by atoms with van der Waals surface area (Å²) in [5.41, 5.74) is -0.801. The summed E-state index contributed by atoms with van der Waals surface area (Å²) in [6.07, 6.45) is 1.81. The average Bonchev–Trinajstić information content (AvgIpc) is 2.51. The fourth-order valence-electron chi connectivity index (χ4n) is 2.04. The lowest BCUT2D eigenvalue weighted by Crippen LogP contribution is -2.31. The predicted octanol–water partition coefficient (Wildman–Crippen LogP) is 1.60. The summed E-state index contributed by atoms with van der Waals surface area (Å²) in [5.74, 6) is -2.00. The number of hydrogen-bond donors (Lipinski definition) is 2. The third-order valence-corrected chi connectivity index (χ3v) is 3.35. The van der Waals surface area contributed by atoms with Crippen molar-refractivity contribution in [3.8, 4) is 0 Å². The van der Waals surface area contributed by atoms with Crippen LogP contribution in [0.1, 0.15) is 33.1 Å². The van der Waals surface area contributed by atoms with Crippen LogP contribution in [0.4, 0.5) is 0 Å². The molecule has 4 nitrogen and oxygen atoms in total. The van der Waals surface area contributed by atoms with E-state index in [9.17, 15) is 9.59 Å². The van der Waals surface area contributed by atoms with E-state index in [-0.39, 0.29) is 11.8 Å². The Morgan fingerprint density at radius 2 is 1.79 bits per heavy atom. The lowest BCUT2D eigenvalue weighted by molar-refractivity contribution is -0.151. The summed E-state index contributed by atoms with van der Waals surface area (Å²) in [6, 6.07) is 0. The van der Waals surface area contributed by atoms with Crippen LogP contribution in [0.5, 0.6) is 0 Å². The number of carboxylic acid groups (broad SMARTS) is 2. The van der Waals surface area contributed by atoms with Crippen LogP contribution in [0.25, 0.3) is 0 Å². The quantitative estimate of drug-likeness (QED) is 0.725. The van der Waals surface area contributed by atoms with Crippen LogP contribution in [-0.4, -0.2) is 22.2 Å². The smallest absolute Gasteiger partial charge is 0.309 e. The molecule has 2 N–H and O–H groups in total. The van der Waals surface area contributed by atoms with Gasteiger partial charge in [0.25, 0.3) is 0 Å². The first-order valence-electron chi connectivity index (χ1n) is 4.82. The van der Waals surface area contributed by atoms with Gasteiger partial charge in [0, 0.05) is 0 Å². The summed E-state index contributed by atoms with van der Waals surface area (Å²) < 4.78 is 0. The fraction of sp³-hybridized carbons (Fsp3) is 0.800. The highest BCUT2D eigenvalue weighted by molar-refractivity contribution is 5.75. The average molecular weight is 200 g/mol. The van der Waals surface area contributed by atoms with Gasteiger partial charge in [-0.1, -0.05) is 0 Å². The van der Waals surface area contributed by atoms with E-state index in [1.165, 1.54) is 0 Å².